The van der Waals surface area contributed by atoms with Crippen LogP contribution in [-0.2, 0) is 39.7 Å². The average molecular weight is 548 g/mol. The second kappa shape index (κ2) is 22.4. The van der Waals surface area contributed by atoms with Crippen LogP contribution in [0.1, 0.15) is 11.3 Å². The van der Waals surface area contributed by atoms with E-state index in [-0.39, 0.29) is 0 Å². The van der Waals surface area contributed by atoms with E-state index in [0.29, 0.717) is 72.7 Å². The van der Waals surface area contributed by atoms with Gasteiger partial charge in [0.1, 0.15) is 6.61 Å². The summed E-state index contributed by atoms with van der Waals surface area (Å²) in [6, 6.07) is 14.7. The third-order valence-electron chi connectivity index (χ3n) is 5.84. The van der Waals surface area contributed by atoms with Gasteiger partial charge in [-0.25, -0.2) is 0 Å². The van der Waals surface area contributed by atoms with Gasteiger partial charge in [-0.3, -0.25) is 0 Å². The normalized spacial score (nSPS) is 11.5. The fourth-order valence-electron chi connectivity index (χ4n) is 3.66. The van der Waals surface area contributed by atoms with Crippen molar-refractivity contribution in [3.63, 3.8) is 0 Å². The van der Waals surface area contributed by atoms with Crippen LogP contribution in [0.4, 0.5) is 5.69 Å². The maximum atomic E-state index is 5.72. The van der Waals surface area contributed by atoms with Crippen molar-refractivity contribution >= 4 is 17.8 Å². The minimum absolute atomic E-state index is 0.574. The molecule has 9 nitrogen and oxygen atoms in total. The molecule has 0 amide bonds. The number of anilines is 1. The van der Waals surface area contributed by atoms with E-state index < -0.39 is 0 Å². The zero-order chi connectivity index (χ0) is 27.8. The number of benzene rings is 1. The predicted molar refractivity (Wildman–Crippen MR) is 153 cm³/mol. The quantitative estimate of drug-likeness (QED) is 0.147. The molecular formula is C30H47N2O7+. The Hall–Kier alpha value is -2.37. The fourth-order valence-corrected chi connectivity index (χ4v) is 3.66. The Labute approximate surface area is 234 Å². The van der Waals surface area contributed by atoms with Gasteiger partial charge < -0.3 is 38.1 Å². The highest BCUT2D eigenvalue weighted by atomic mass is 16.5. The summed E-state index contributed by atoms with van der Waals surface area (Å²) in [4.78, 5) is 2.28. The number of methoxy groups -OCH3 is 3. The van der Waals surface area contributed by atoms with E-state index >= 15 is 0 Å². The van der Waals surface area contributed by atoms with E-state index in [1.165, 1.54) is 0 Å². The van der Waals surface area contributed by atoms with E-state index in [2.05, 4.69) is 58.1 Å². The molecule has 0 aliphatic heterocycles. The number of hydrogen-bond acceptors (Lipinski definition) is 8. The van der Waals surface area contributed by atoms with Crippen molar-refractivity contribution in [1.29, 1.82) is 0 Å². The van der Waals surface area contributed by atoms with Gasteiger partial charge in [-0.1, -0.05) is 12.1 Å². The second-order valence-corrected chi connectivity index (χ2v) is 8.66. The molecule has 0 atom stereocenters. The first kappa shape index (κ1) is 32.8. The second-order valence-electron chi connectivity index (χ2n) is 8.66. The summed E-state index contributed by atoms with van der Waals surface area (Å²) in [7, 11) is 5.02. The lowest BCUT2D eigenvalue weighted by molar-refractivity contribution is -0.700. The Bertz CT molecular complexity index is 866. The minimum Gasteiger partial charge on any atom is -0.382 e. The van der Waals surface area contributed by atoms with Gasteiger partial charge in [0.05, 0.1) is 66.1 Å². The van der Waals surface area contributed by atoms with E-state index in [0.717, 1.165) is 36.6 Å². The standard InChI is InChI=1S/C30H47N2O7/c1-33-20-23-36-18-15-32(16-19-37-24-21-34-2)30-11-8-28(9-12-30)7-10-29-6-4-5-13-31(29)14-17-38-26-27-39-25-22-35-3/h4-13H,14-27H2,1-3H3/q+1. The number of hydrogen-bond donors (Lipinski definition) is 0. The Morgan fingerprint density at radius 2 is 1.13 bits per heavy atom. The highest BCUT2D eigenvalue weighted by Gasteiger charge is 2.08. The topological polar surface area (TPSA) is 71.7 Å². The summed E-state index contributed by atoms with van der Waals surface area (Å²) in [5, 5.41) is 0. The van der Waals surface area contributed by atoms with Gasteiger partial charge >= 0.3 is 0 Å². The van der Waals surface area contributed by atoms with Crippen LogP contribution in [0.15, 0.2) is 48.7 Å². The van der Waals surface area contributed by atoms with Crippen molar-refractivity contribution in [3.05, 3.63) is 59.9 Å². The van der Waals surface area contributed by atoms with Gasteiger partial charge in [-0.05, 0) is 29.8 Å². The van der Waals surface area contributed by atoms with Gasteiger partial charge in [0.2, 0.25) is 5.69 Å². The Morgan fingerprint density at radius 3 is 1.72 bits per heavy atom. The third-order valence-corrected chi connectivity index (χ3v) is 5.84. The van der Waals surface area contributed by atoms with Crippen molar-refractivity contribution in [1.82, 2.24) is 0 Å². The van der Waals surface area contributed by atoms with Crippen LogP contribution >= 0.6 is 0 Å². The number of pyridine rings is 1. The summed E-state index contributed by atoms with van der Waals surface area (Å²) >= 11 is 0. The molecule has 0 radical (unpaired) electrons. The van der Waals surface area contributed by atoms with Crippen molar-refractivity contribution < 1.29 is 37.7 Å². The smallest absolute Gasteiger partial charge is 0.205 e. The van der Waals surface area contributed by atoms with Crippen LogP contribution in [0, 0.1) is 0 Å². The molecule has 9 heteroatoms. The van der Waals surface area contributed by atoms with Crippen LogP contribution in [0.3, 0.4) is 0 Å². The fraction of sp³-hybridized carbons (Fsp3) is 0.567. The average Bonchev–Trinajstić information content (AvgIpc) is 2.97. The molecule has 0 unspecified atom stereocenters. The molecule has 0 bridgehead atoms. The molecule has 1 heterocycles. The zero-order valence-electron chi connectivity index (χ0n) is 23.9. The monoisotopic (exact) mass is 547 g/mol. The molecule has 218 valence electrons. The van der Waals surface area contributed by atoms with Crippen molar-refractivity contribution in [2.45, 2.75) is 6.54 Å². The van der Waals surface area contributed by atoms with Gasteiger partial charge in [-0.2, -0.15) is 4.57 Å². The molecule has 0 spiro atoms. The van der Waals surface area contributed by atoms with Gasteiger partial charge in [0, 0.05) is 58.3 Å². The number of rotatable bonds is 24. The van der Waals surface area contributed by atoms with Crippen LogP contribution < -0.4 is 9.47 Å². The van der Waals surface area contributed by atoms with E-state index in [1.54, 1.807) is 21.3 Å². The summed E-state index contributed by atoms with van der Waals surface area (Å²) in [5.74, 6) is 0. The molecule has 1 aromatic heterocycles. The molecule has 0 N–H and O–H groups in total. The minimum atomic E-state index is 0.574. The molecule has 0 aliphatic carbocycles. The maximum Gasteiger partial charge on any atom is 0.205 e. The molecule has 0 saturated carbocycles. The third kappa shape index (κ3) is 15.1. The van der Waals surface area contributed by atoms with E-state index in [1.807, 2.05) is 12.1 Å². The summed E-state index contributed by atoms with van der Waals surface area (Å²) in [5.41, 5.74) is 3.38. The van der Waals surface area contributed by atoms with Crippen LogP contribution in [0.25, 0.3) is 12.2 Å². The number of ether oxygens (including phenoxy) is 7. The predicted octanol–water partition coefficient (Wildman–Crippen LogP) is 2.96. The molecule has 0 saturated heterocycles. The van der Waals surface area contributed by atoms with E-state index in [9.17, 15) is 0 Å². The number of nitrogens with zero attached hydrogens (tertiary/aromatic N) is 2. The van der Waals surface area contributed by atoms with Crippen LogP contribution in [0.2, 0.25) is 0 Å². The Balaban J connectivity index is 1.89. The highest BCUT2D eigenvalue weighted by molar-refractivity contribution is 5.68. The SMILES string of the molecule is COCCOCCOCC[n+]1ccccc1/C=C/c1ccc(N(CCOCCOC)CCOCCOC)cc1. The summed E-state index contributed by atoms with van der Waals surface area (Å²) in [6.45, 7) is 8.91. The molecule has 0 fully saturated rings. The summed E-state index contributed by atoms with van der Waals surface area (Å²) < 4.78 is 39.8. The van der Waals surface area contributed by atoms with Crippen molar-refractivity contribution in [2.75, 3.05) is 112 Å². The zero-order valence-corrected chi connectivity index (χ0v) is 23.9. The lowest BCUT2D eigenvalue weighted by atomic mass is 10.1. The lowest BCUT2D eigenvalue weighted by Gasteiger charge is -2.25. The molecule has 2 rings (SSSR count). The van der Waals surface area contributed by atoms with Crippen molar-refractivity contribution in [3.8, 4) is 0 Å². The molecule has 1 aromatic carbocycles. The van der Waals surface area contributed by atoms with Crippen LogP contribution in [-0.4, -0.2) is 107 Å². The maximum absolute atomic E-state index is 5.72. The first-order valence-corrected chi connectivity index (χ1v) is 13.6. The van der Waals surface area contributed by atoms with E-state index in [4.69, 9.17) is 33.2 Å². The molecule has 2 aromatic rings. The summed E-state index contributed by atoms with van der Waals surface area (Å²) in [6.07, 6.45) is 6.34. The van der Waals surface area contributed by atoms with Gasteiger partial charge in [0.25, 0.3) is 0 Å². The largest absolute Gasteiger partial charge is 0.382 e. The Morgan fingerprint density at radius 1 is 0.590 bits per heavy atom. The van der Waals surface area contributed by atoms with Gasteiger partial charge in [-0.15, -0.1) is 0 Å². The van der Waals surface area contributed by atoms with Crippen molar-refractivity contribution in [2.24, 2.45) is 0 Å². The Kier molecular flexibility index (Phi) is 18.9. The highest BCUT2D eigenvalue weighted by Crippen LogP contribution is 2.17. The molecule has 0 aliphatic rings. The first-order chi connectivity index (χ1) is 19.3. The lowest BCUT2D eigenvalue weighted by Crippen LogP contribution is -2.38. The molecular weight excluding hydrogens is 500 g/mol. The number of aromatic nitrogens is 1. The first-order valence-electron chi connectivity index (χ1n) is 13.6. The van der Waals surface area contributed by atoms with Crippen LogP contribution in [0.5, 0.6) is 0 Å². The molecule has 39 heavy (non-hydrogen) atoms. The van der Waals surface area contributed by atoms with Gasteiger partial charge in [0.15, 0.2) is 12.7 Å².